The van der Waals surface area contributed by atoms with Gasteiger partial charge in [-0.1, -0.05) is 12.1 Å². The average Bonchev–Trinajstić information content (AvgIpc) is 2.96. The van der Waals surface area contributed by atoms with E-state index >= 15 is 0 Å². The minimum atomic E-state index is -0.483. The molecule has 3 aromatic rings. The van der Waals surface area contributed by atoms with Crippen LogP contribution in [0.1, 0.15) is 26.3 Å². The Bertz CT molecular complexity index is 864. The Balaban J connectivity index is 1.71. The normalized spacial score (nSPS) is 11.5. The molecular weight excluding hydrogens is 314 g/mol. The van der Waals surface area contributed by atoms with Crippen LogP contribution in [0.3, 0.4) is 0 Å². The van der Waals surface area contributed by atoms with E-state index in [9.17, 15) is 4.79 Å². The van der Waals surface area contributed by atoms with Crippen LogP contribution in [0.4, 0.5) is 4.79 Å². The Morgan fingerprint density at radius 2 is 2.08 bits per heavy atom. The van der Waals surface area contributed by atoms with E-state index in [1.165, 1.54) is 0 Å². The van der Waals surface area contributed by atoms with E-state index in [4.69, 9.17) is 4.74 Å². The zero-order valence-corrected chi connectivity index (χ0v) is 14.8. The number of pyridine rings is 1. The molecule has 5 nitrogen and oxygen atoms in total. The summed E-state index contributed by atoms with van der Waals surface area (Å²) in [6, 6.07) is 10.3. The monoisotopic (exact) mass is 337 g/mol. The number of H-pyrrole nitrogens is 1. The summed E-state index contributed by atoms with van der Waals surface area (Å²) in [5.74, 6) is 0. The van der Waals surface area contributed by atoms with E-state index in [-0.39, 0.29) is 6.09 Å². The third-order valence-electron chi connectivity index (χ3n) is 3.82. The Morgan fingerprint density at radius 1 is 1.24 bits per heavy atom. The second-order valence-corrected chi connectivity index (χ2v) is 6.99. The maximum absolute atomic E-state index is 11.7. The lowest BCUT2D eigenvalue weighted by atomic mass is 10.0. The fraction of sp³-hybridized carbons (Fsp3) is 0.300. The van der Waals surface area contributed by atoms with Crippen LogP contribution in [0, 0.1) is 0 Å². The standard InChI is InChI=1S/C20H23N3O2/c1-20(2,3)25-19(24)22-10-8-16-13-23-18-7-6-14(11-17(16)18)15-5-4-9-21-12-15/h4-7,9,11-13,23H,8,10H2,1-3H3,(H,22,24). The second-order valence-electron chi connectivity index (χ2n) is 6.99. The molecule has 130 valence electrons. The Morgan fingerprint density at radius 3 is 2.80 bits per heavy atom. The van der Waals surface area contributed by atoms with Crippen molar-refractivity contribution in [2.24, 2.45) is 0 Å². The maximum Gasteiger partial charge on any atom is 0.407 e. The van der Waals surface area contributed by atoms with E-state index in [1.807, 2.05) is 45.3 Å². The smallest absolute Gasteiger partial charge is 0.407 e. The van der Waals surface area contributed by atoms with Gasteiger partial charge >= 0.3 is 6.09 Å². The average molecular weight is 337 g/mol. The number of carbonyl (C=O) groups excluding carboxylic acids is 1. The lowest BCUT2D eigenvalue weighted by Gasteiger charge is -2.19. The maximum atomic E-state index is 11.7. The van der Waals surface area contributed by atoms with Gasteiger partial charge in [-0.05, 0) is 56.5 Å². The molecule has 0 atom stereocenters. The summed E-state index contributed by atoms with van der Waals surface area (Å²) < 4.78 is 5.26. The molecule has 0 saturated carbocycles. The number of aromatic amines is 1. The van der Waals surface area contributed by atoms with Crippen molar-refractivity contribution in [3.63, 3.8) is 0 Å². The Hall–Kier alpha value is -2.82. The van der Waals surface area contributed by atoms with Crippen molar-refractivity contribution >= 4 is 17.0 Å². The number of alkyl carbamates (subject to hydrolysis) is 1. The first-order valence-electron chi connectivity index (χ1n) is 8.40. The summed E-state index contributed by atoms with van der Waals surface area (Å²) in [7, 11) is 0. The van der Waals surface area contributed by atoms with E-state index in [2.05, 4.69) is 33.5 Å². The molecule has 0 aliphatic heterocycles. The highest BCUT2D eigenvalue weighted by molar-refractivity contribution is 5.88. The summed E-state index contributed by atoms with van der Waals surface area (Å²) in [5, 5.41) is 3.96. The van der Waals surface area contributed by atoms with Crippen molar-refractivity contribution in [2.45, 2.75) is 32.8 Å². The predicted octanol–water partition coefficient (Wildman–Crippen LogP) is 4.30. The zero-order chi connectivity index (χ0) is 17.9. The number of nitrogens with zero attached hydrogens (tertiary/aromatic N) is 1. The van der Waals surface area contributed by atoms with Crippen molar-refractivity contribution in [3.05, 3.63) is 54.5 Å². The number of aromatic nitrogens is 2. The molecule has 2 aromatic heterocycles. The van der Waals surface area contributed by atoms with Gasteiger partial charge in [-0.25, -0.2) is 4.79 Å². The van der Waals surface area contributed by atoms with Gasteiger partial charge in [-0.2, -0.15) is 0 Å². The molecule has 2 N–H and O–H groups in total. The third-order valence-corrected chi connectivity index (χ3v) is 3.82. The van der Waals surface area contributed by atoms with Crippen molar-refractivity contribution in [3.8, 4) is 11.1 Å². The van der Waals surface area contributed by atoms with Crippen LogP contribution in [0.5, 0.6) is 0 Å². The highest BCUT2D eigenvalue weighted by atomic mass is 16.6. The van der Waals surface area contributed by atoms with Gasteiger partial charge in [-0.3, -0.25) is 4.98 Å². The number of rotatable bonds is 4. The summed E-state index contributed by atoms with van der Waals surface area (Å²) in [5.41, 5.74) is 3.98. The van der Waals surface area contributed by atoms with Crippen molar-refractivity contribution in [1.82, 2.24) is 15.3 Å². The number of nitrogens with one attached hydrogen (secondary N) is 2. The van der Waals surface area contributed by atoms with Crippen molar-refractivity contribution < 1.29 is 9.53 Å². The van der Waals surface area contributed by atoms with Crippen molar-refractivity contribution in [2.75, 3.05) is 6.54 Å². The highest BCUT2D eigenvalue weighted by Crippen LogP contribution is 2.26. The van der Waals surface area contributed by atoms with Gasteiger partial charge < -0.3 is 15.0 Å². The molecule has 1 amide bonds. The molecule has 0 unspecified atom stereocenters. The number of carbonyl (C=O) groups is 1. The number of fused-ring (bicyclic) bond motifs is 1. The quantitative estimate of drug-likeness (QED) is 0.746. The van der Waals surface area contributed by atoms with Crippen LogP contribution in [0.15, 0.2) is 48.9 Å². The SMILES string of the molecule is CC(C)(C)OC(=O)NCCc1c[nH]c2ccc(-c3cccnc3)cc12. The molecule has 0 aliphatic carbocycles. The van der Waals surface area contributed by atoms with E-state index in [0.717, 1.165) is 34.0 Å². The van der Waals surface area contributed by atoms with Crippen LogP contribution in [0.25, 0.3) is 22.0 Å². The predicted molar refractivity (Wildman–Crippen MR) is 99.5 cm³/mol. The topological polar surface area (TPSA) is 67.0 Å². The van der Waals surface area contributed by atoms with E-state index < -0.39 is 5.60 Å². The zero-order valence-electron chi connectivity index (χ0n) is 14.8. The minimum absolute atomic E-state index is 0.386. The fourth-order valence-electron chi connectivity index (χ4n) is 2.71. The first-order chi connectivity index (χ1) is 11.9. The second kappa shape index (κ2) is 6.97. The lowest BCUT2D eigenvalue weighted by Crippen LogP contribution is -2.33. The molecule has 0 bridgehead atoms. The molecule has 0 saturated heterocycles. The lowest BCUT2D eigenvalue weighted by molar-refractivity contribution is 0.0528. The molecule has 2 heterocycles. The Labute approximate surface area is 147 Å². The van der Waals surface area contributed by atoms with Crippen molar-refractivity contribution in [1.29, 1.82) is 0 Å². The molecule has 25 heavy (non-hydrogen) atoms. The Kier molecular flexibility index (Phi) is 4.74. The van der Waals surface area contributed by atoms with Crippen LogP contribution >= 0.6 is 0 Å². The van der Waals surface area contributed by atoms with Gasteiger partial charge in [0.15, 0.2) is 0 Å². The first kappa shape index (κ1) is 17.0. The summed E-state index contributed by atoms with van der Waals surface area (Å²) in [4.78, 5) is 19.2. The molecule has 0 spiro atoms. The molecule has 0 fully saturated rings. The molecule has 0 aliphatic rings. The van der Waals surface area contributed by atoms with Gasteiger partial charge in [0.2, 0.25) is 0 Å². The number of hydrogen-bond donors (Lipinski definition) is 2. The number of hydrogen-bond acceptors (Lipinski definition) is 3. The number of amides is 1. The minimum Gasteiger partial charge on any atom is -0.444 e. The van der Waals surface area contributed by atoms with Gasteiger partial charge in [0.05, 0.1) is 0 Å². The van der Waals surface area contributed by atoms with Crippen LogP contribution in [-0.4, -0.2) is 28.2 Å². The fourth-order valence-corrected chi connectivity index (χ4v) is 2.71. The van der Waals surface area contributed by atoms with Gasteiger partial charge in [0.25, 0.3) is 0 Å². The molecule has 0 radical (unpaired) electrons. The molecule has 1 aromatic carbocycles. The molecule has 5 heteroatoms. The highest BCUT2D eigenvalue weighted by Gasteiger charge is 2.15. The number of benzene rings is 1. The largest absolute Gasteiger partial charge is 0.444 e. The van der Waals surface area contributed by atoms with Crippen LogP contribution in [-0.2, 0) is 11.2 Å². The molecular formula is C20H23N3O2. The summed E-state index contributed by atoms with van der Waals surface area (Å²) >= 11 is 0. The number of ether oxygens (including phenoxy) is 1. The summed E-state index contributed by atoms with van der Waals surface area (Å²) in [6.07, 6.45) is 5.97. The van der Waals surface area contributed by atoms with E-state index in [1.54, 1.807) is 6.20 Å². The van der Waals surface area contributed by atoms with Crippen LogP contribution < -0.4 is 5.32 Å². The van der Waals surface area contributed by atoms with Crippen LogP contribution in [0.2, 0.25) is 0 Å². The van der Waals surface area contributed by atoms with Gasteiger partial charge in [0.1, 0.15) is 5.60 Å². The van der Waals surface area contributed by atoms with Gasteiger partial charge in [-0.15, -0.1) is 0 Å². The summed E-state index contributed by atoms with van der Waals surface area (Å²) in [6.45, 7) is 6.09. The third kappa shape index (κ3) is 4.38. The molecule has 3 rings (SSSR count). The van der Waals surface area contributed by atoms with Gasteiger partial charge in [0, 0.05) is 41.6 Å². The van der Waals surface area contributed by atoms with E-state index in [0.29, 0.717) is 6.54 Å². The first-order valence-corrected chi connectivity index (χ1v) is 8.40.